The van der Waals surface area contributed by atoms with Crippen LogP contribution in [0.5, 0.6) is 0 Å². The summed E-state index contributed by atoms with van der Waals surface area (Å²) in [5, 5.41) is 5.52. The quantitative estimate of drug-likeness (QED) is 0.103. The highest BCUT2D eigenvalue weighted by atomic mass is 16.3. The highest BCUT2D eigenvalue weighted by Crippen LogP contribution is 2.50. The summed E-state index contributed by atoms with van der Waals surface area (Å²) in [6.07, 6.45) is 57.3. The van der Waals surface area contributed by atoms with Gasteiger partial charge in [-0.3, -0.25) is 4.99 Å². The molecule has 0 saturated carbocycles. The summed E-state index contributed by atoms with van der Waals surface area (Å²) in [6, 6.07) is 18.4. The average Bonchev–Trinajstić information content (AvgIpc) is 3.82. The number of fused-ring (bicyclic) bond motifs is 9. The molecule has 0 amide bonds. The minimum Gasteiger partial charge on any atom is -0.454 e. The molecule has 0 spiro atoms. The summed E-state index contributed by atoms with van der Waals surface area (Å²) in [6.45, 7) is 2.27. The van der Waals surface area contributed by atoms with Gasteiger partial charge in [-0.05, 0) is 126 Å². The SMILES string of the molecule is CC(/C=C(\N=C(N)C1C=CC=CC1)C1=CCC(c2ccc(-c3oc4c(c3C3C=c5c(c6c(c7ccccc57)CCC=C6)=CC3)C3CC=CC=C3N=C4C3CC=CCC3)cc2)C=C1)C1=CCCC=C1. The van der Waals surface area contributed by atoms with Gasteiger partial charge in [-0.2, -0.15) is 0 Å². The maximum absolute atomic E-state index is 7.41. The van der Waals surface area contributed by atoms with Crippen molar-refractivity contribution in [1.82, 2.24) is 0 Å². The van der Waals surface area contributed by atoms with Crippen molar-refractivity contribution in [2.24, 2.45) is 33.5 Å². The van der Waals surface area contributed by atoms with E-state index in [2.05, 4.69) is 177 Å². The summed E-state index contributed by atoms with van der Waals surface area (Å²) < 4.78 is 7.41. The highest BCUT2D eigenvalue weighted by molar-refractivity contribution is 6.05. The Labute approximate surface area is 401 Å². The minimum absolute atomic E-state index is 0.112. The van der Waals surface area contributed by atoms with Gasteiger partial charge in [-0.25, -0.2) is 4.99 Å². The van der Waals surface area contributed by atoms with E-state index < -0.39 is 0 Å². The molecule has 6 unspecified atom stereocenters. The van der Waals surface area contributed by atoms with Crippen LogP contribution in [0.4, 0.5) is 0 Å². The van der Waals surface area contributed by atoms with Crippen molar-refractivity contribution in [3.8, 4) is 11.3 Å². The lowest BCUT2D eigenvalue weighted by molar-refractivity contribution is 0.535. The van der Waals surface area contributed by atoms with Crippen LogP contribution in [0, 0.1) is 17.8 Å². The number of allylic oxidation sites excluding steroid dienone is 18. The molecule has 4 heteroatoms. The zero-order valence-electron chi connectivity index (χ0n) is 39.3. The lowest BCUT2D eigenvalue weighted by Crippen LogP contribution is -2.34. The third-order valence-corrected chi connectivity index (χ3v) is 15.8. The first-order valence-corrected chi connectivity index (χ1v) is 25.5. The van der Waals surface area contributed by atoms with Gasteiger partial charge in [0, 0.05) is 57.9 Å². The van der Waals surface area contributed by atoms with Gasteiger partial charge < -0.3 is 10.2 Å². The number of hydrogen-bond donors (Lipinski definition) is 1. The maximum atomic E-state index is 7.41. The first-order valence-electron chi connectivity index (χ1n) is 25.5. The molecule has 12 rings (SSSR count). The molecule has 0 saturated heterocycles. The van der Waals surface area contributed by atoms with E-state index in [0.717, 1.165) is 105 Å². The summed E-state index contributed by atoms with van der Waals surface area (Å²) in [5.41, 5.74) is 20.5. The smallest absolute Gasteiger partial charge is 0.153 e. The fourth-order valence-corrected chi connectivity index (χ4v) is 12.1. The van der Waals surface area contributed by atoms with Crippen molar-refractivity contribution in [3.63, 3.8) is 0 Å². The number of furan rings is 1. The Morgan fingerprint density at radius 2 is 1.60 bits per heavy atom. The molecule has 1 aliphatic heterocycles. The van der Waals surface area contributed by atoms with Gasteiger partial charge in [0.05, 0.1) is 11.4 Å². The molecule has 6 atom stereocenters. The second-order valence-electron chi connectivity index (χ2n) is 20.0. The second kappa shape index (κ2) is 18.4. The van der Waals surface area contributed by atoms with Gasteiger partial charge in [-0.15, -0.1) is 0 Å². The summed E-state index contributed by atoms with van der Waals surface area (Å²) in [7, 11) is 0. The zero-order valence-corrected chi connectivity index (χ0v) is 39.3. The fourth-order valence-electron chi connectivity index (χ4n) is 12.1. The van der Waals surface area contributed by atoms with Crippen LogP contribution in [0.2, 0.25) is 0 Å². The Bertz CT molecular complexity index is 3250. The van der Waals surface area contributed by atoms with Crippen LogP contribution in [0.3, 0.4) is 0 Å². The van der Waals surface area contributed by atoms with E-state index in [1.54, 1.807) is 0 Å². The van der Waals surface area contributed by atoms with Gasteiger partial charge in [0.25, 0.3) is 0 Å². The second-order valence-corrected chi connectivity index (χ2v) is 20.0. The standard InChI is InChI=1S/C64H61N3O/c1-41(42-17-5-2-6-18-42)39-58(67-64(65)48-21-9-4-10-22-48)45-33-29-43(30-34-45)44-31-35-47(36-32-44)62-59(60-55-27-15-16-28-57(55)66-61(63(60)68-62)46-19-7-3-8-20-46)49-37-38-54-52-25-12-11-23-50(52)51-24-13-14-26-53(51)56(54)40-49/h3-5,7,9-10,12-18,21,24-26,28-29,31-36,38-41,43,46,48-49,55H,2,6,8,11,19-20,22-23,27,30,37H2,1H3,(H2,65,67)/b58-39-. The minimum atomic E-state index is 0.112. The van der Waals surface area contributed by atoms with E-state index in [0.29, 0.717) is 11.8 Å². The molecule has 8 aliphatic rings. The van der Waals surface area contributed by atoms with Crippen LogP contribution in [-0.4, -0.2) is 11.5 Å². The van der Waals surface area contributed by atoms with Crippen LogP contribution in [0.15, 0.2) is 189 Å². The molecule has 68 heavy (non-hydrogen) atoms. The van der Waals surface area contributed by atoms with Gasteiger partial charge in [0.2, 0.25) is 0 Å². The van der Waals surface area contributed by atoms with Crippen molar-refractivity contribution >= 4 is 40.5 Å². The number of aliphatic imine (C=N–C) groups is 2. The van der Waals surface area contributed by atoms with Gasteiger partial charge in [0.15, 0.2) is 5.76 Å². The summed E-state index contributed by atoms with van der Waals surface area (Å²) in [4.78, 5) is 10.6. The molecule has 1 aromatic heterocycles. The van der Waals surface area contributed by atoms with E-state index >= 15 is 0 Å². The van der Waals surface area contributed by atoms with Crippen LogP contribution < -0.4 is 16.2 Å². The molecule has 4 aromatic rings. The number of hydrogen-bond acceptors (Lipinski definition) is 3. The normalized spacial score (nSPS) is 25.3. The Hall–Kier alpha value is -6.78. The summed E-state index contributed by atoms with van der Waals surface area (Å²) in [5.74, 6) is 3.95. The van der Waals surface area contributed by atoms with Crippen molar-refractivity contribution < 1.29 is 4.42 Å². The third kappa shape index (κ3) is 7.92. The molecular weight excluding hydrogens is 827 g/mol. The van der Waals surface area contributed by atoms with Gasteiger partial charge >= 0.3 is 0 Å². The predicted molar refractivity (Wildman–Crippen MR) is 285 cm³/mol. The molecule has 7 aliphatic carbocycles. The lowest BCUT2D eigenvalue weighted by atomic mass is 9.75. The van der Waals surface area contributed by atoms with E-state index in [1.807, 2.05) is 0 Å². The number of rotatable bonds is 9. The van der Waals surface area contributed by atoms with Crippen molar-refractivity contribution in [2.45, 2.75) is 95.3 Å². The lowest BCUT2D eigenvalue weighted by Gasteiger charge is -2.30. The molecule has 0 fully saturated rings. The number of nitrogens with two attached hydrogens (primary N) is 1. The number of amidine groups is 1. The molecule has 2 N–H and O–H groups in total. The molecular formula is C64H61N3O. The van der Waals surface area contributed by atoms with Crippen LogP contribution in [-0.2, 0) is 6.42 Å². The van der Waals surface area contributed by atoms with Crippen LogP contribution in [0.1, 0.15) is 122 Å². The van der Waals surface area contributed by atoms with Crippen molar-refractivity contribution in [1.29, 1.82) is 0 Å². The molecule has 0 radical (unpaired) electrons. The van der Waals surface area contributed by atoms with Crippen molar-refractivity contribution in [2.75, 3.05) is 0 Å². The van der Waals surface area contributed by atoms with E-state index in [1.165, 1.54) is 60.3 Å². The molecule has 3 aromatic carbocycles. The topological polar surface area (TPSA) is 63.9 Å². The Kier molecular flexibility index (Phi) is 11.5. The number of benzene rings is 3. The molecule has 338 valence electrons. The average molecular weight is 888 g/mol. The van der Waals surface area contributed by atoms with Gasteiger partial charge in [-0.1, -0.05) is 171 Å². The van der Waals surface area contributed by atoms with Crippen molar-refractivity contribution in [3.05, 3.63) is 218 Å². The van der Waals surface area contributed by atoms with E-state index in [-0.39, 0.29) is 29.6 Å². The maximum Gasteiger partial charge on any atom is 0.153 e. The fraction of sp³-hybridized carbons (Fsp3) is 0.281. The van der Waals surface area contributed by atoms with Crippen LogP contribution >= 0.6 is 0 Å². The Morgan fingerprint density at radius 3 is 2.41 bits per heavy atom. The van der Waals surface area contributed by atoms with E-state index in [4.69, 9.17) is 20.1 Å². The summed E-state index contributed by atoms with van der Waals surface area (Å²) >= 11 is 0. The number of aryl methyl sites for hydroxylation is 1. The molecule has 0 bridgehead atoms. The van der Waals surface area contributed by atoms with E-state index in [9.17, 15) is 0 Å². The predicted octanol–water partition coefficient (Wildman–Crippen LogP) is 14.1. The van der Waals surface area contributed by atoms with Crippen LogP contribution in [0.25, 0.3) is 40.3 Å². The van der Waals surface area contributed by atoms with Gasteiger partial charge in [0.1, 0.15) is 11.6 Å². The highest BCUT2D eigenvalue weighted by Gasteiger charge is 2.40. The third-order valence-electron chi connectivity index (χ3n) is 15.8. The zero-order chi connectivity index (χ0) is 45.6. The molecule has 4 nitrogen and oxygen atoms in total. The first-order chi connectivity index (χ1) is 33.6. The first kappa shape index (κ1) is 42.6. The monoisotopic (exact) mass is 887 g/mol. The number of nitrogens with zero attached hydrogens (tertiary/aromatic N) is 2. The Morgan fingerprint density at radius 1 is 0.735 bits per heavy atom. The molecule has 2 heterocycles. The Balaban J connectivity index is 0.918. The largest absolute Gasteiger partial charge is 0.454 e.